The van der Waals surface area contributed by atoms with Crippen molar-refractivity contribution < 1.29 is 9.18 Å². The zero-order valence-electron chi connectivity index (χ0n) is 10.9. The summed E-state index contributed by atoms with van der Waals surface area (Å²) in [5, 5.41) is 3.52. The van der Waals surface area contributed by atoms with E-state index in [0.717, 1.165) is 11.4 Å². The van der Waals surface area contributed by atoms with Crippen molar-refractivity contribution in [1.82, 2.24) is 10.3 Å². The van der Waals surface area contributed by atoms with Crippen LogP contribution in [0.5, 0.6) is 0 Å². The van der Waals surface area contributed by atoms with Gasteiger partial charge in [0.2, 0.25) is 0 Å². The van der Waals surface area contributed by atoms with E-state index in [4.69, 9.17) is 0 Å². The van der Waals surface area contributed by atoms with Gasteiger partial charge in [-0.05, 0) is 19.4 Å². The van der Waals surface area contributed by atoms with Crippen molar-refractivity contribution >= 4 is 17.2 Å². The van der Waals surface area contributed by atoms with E-state index in [9.17, 15) is 9.18 Å². The number of halogens is 1. The van der Waals surface area contributed by atoms with E-state index in [2.05, 4.69) is 10.3 Å². The molecule has 19 heavy (non-hydrogen) atoms. The fourth-order valence-electron chi connectivity index (χ4n) is 1.73. The van der Waals surface area contributed by atoms with E-state index < -0.39 is 0 Å². The van der Waals surface area contributed by atoms with Gasteiger partial charge in [-0.2, -0.15) is 0 Å². The topological polar surface area (TPSA) is 42.0 Å². The second kappa shape index (κ2) is 5.93. The quantitative estimate of drug-likeness (QED) is 0.931. The summed E-state index contributed by atoms with van der Waals surface area (Å²) in [6.07, 6.45) is 0.851. The zero-order valence-corrected chi connectivity index (χ0v) is 11.7. The van der Waals surface area contributed by atoms with Crippen molar-refractivity contribution in [3.05, 3.63) is 40.8 Å². The molecule has 0 fully saturated rings. The number of hydrogen-bond acceptors (Lipinski definition) is 3. The van der Waals surface area contributed by atoms with Crippen LogP contribution in [0.4, 0.5) is 4.39 Å². The number of thiazole rings is 1. The van der Waals surface area contributed by atoms with Crippen LogP contribution < -0.4 is 5.32 Å². The van der Waals surface area contributed by atoms with Crippen molar-refractivity contribution in [2.45, 2.75) is 20.3 Å². The molecule has 0 aliphatic heterocycles. The standard InChI is InChI=1S/C14H15FN2OS/c1-3-8-16-14(18)12-13(19-9(2)17-12)10-6-4-5-7-11(10)15/h4-7H,3,8H2,1-2H3,(H,16,18). The van der Waals surface area contributed by atoms with E-state index in [1.54, 1.807) is 18.2 Å². The number of carbonyl (C=O) groups excluding carboxylic acids is 1. The fourth-order valence-corrected chi connectivity index (χ4v) is 2.67. The lowest BCUT2D eigenvalue weighted by atomic mass is 10.1. The Morgan fingerprint density at radius 1 is 1.42 bits per heavy atom. The molecular weight excluding hydrogens is 263 g/mol. The molecule has 1 heterocycles. The largest absolute Gasteiger partial charge is 0.351 e. The summed E-state index contributed by atoms with van der Waals surface area (Å²) in [7, 11) is 0. The molecule has 2 aromatic rings. The number of amides is 1. The lowest BCUT2D eigenvalue weighted by Crippen LogP contribution is -2.24. The molecule has 0 aliphatic rings. The molecule has 3 nitrogen and oxygen atoms in total. The highest BCUT2D eigenvalue weighted by molar-refractivity contribution is 7.15. The Balaban J connectivity index is 2.42. The third-order valence-corrected chi connectivity index (χ3v) is 3.61. The Hall–Kier alpha value is -1.75. The van der Waals surface area contributed by atoms with Crippen molar-refractivity contribution in [1.29, 1.82) is 0 Å². The molecule has 1 aromatic carbocycles. The van der Waals surface area contributed by atoms with Crippen molar-refractivity contribution in [3.63, 3.8) is 0 Å². The van der Waals surface area contributed by atoms with Gasteiger partial charge >= 0.3 is 0 Å². The fraction of sp³-hybridized carbons (Fsp3) is 0.286. The molecule has 5 heteroatoms. The molecule has 0 radical (unpaired) electrons. The lowest BCUT2D eigenvalue weighted by molar-refractivity contribution is 0.0950. The third kappa shape index (κ3) is 2.98. The van der Waals surface area contributed by atoms with Crippen LogP contribution in [0.25, 0.3) is 10.4 Å². The van der Waals surface area contributed by atoms with Gasteiger partial charge in [0, 0.05) is 12.1 Å². The maximum absolute atomic E-state index is 13.8. The minimum atomic E-state index is -0.337. The van der Waals surface area contributed by atoms with Gasteiger partial charge < -0.3 is 5.32 Å². The molecule has 2 rings (SSSR count). The second-order valence-corrected chi connectivity index (χ2v) is 5.35. The van der Waals surface area contributed by atoms with Crippen LogP contribution in [-0.4, -0.2) is 17.4 Å². The first-order valence-electron chi connectivity index (χ1n) is 6.14. The van der Waals surface area contributed by atoms with Crippen LogP contribution in [0, 0.1) is 12.7 Å². The second-order valence-electron chi connectivity index (χ2n) is 4.15. The molecule has 1 N–H and O–H groups in total. The molecule has 1 aromatic heterocycles. The minimum absolute atomic E-state index is 0.246. The molecular formula is C14H15FN2OS. The maximum atomic E-state index is 13.8. The summed E-state index contributed by atoms with van der Waals surface area (Å²) >= 11 is 1.33. The Morgan fingerprint density at radius 3 is 2.84 bits per heavy atom. The first-order valence-corrected chi connectivity index (χ1v) is 6.95. The Kier molecular flexibility index (Phi) is 4.27. The predicted octanol–water partition coefficient (Wildman–Crippen LogP) is 3.40. The van der Waals surface area contributed by atoms with Gasteiger partial charge in [-0.1, -0.05) is 25.1 Å². The van der Waals surface area contributed by atoms with Crippen LogP contribution in [0.3, 0.4) is 0 Å². The van der Waals surface area contributed by atoms with Gasteiger partial charge in [0.25, 0.3) is 5.91 Å². The monoisotopic (exact) mass is 278 g/mol. The Morgan fingerprint density at radius 2 is 2.16 bits per heavy atom. The average Bonchev–Trinajstić information content (AvgIpc) is 2.78. The number of rotatable bonds is 4. The van der Waals surface area contributed by atoms with Crippen LogP contribution in [0.2, 0.25) is 0 Å². The molecule has 0 saturated carbocycles. The van der Waals surface area contributed by atoms with E-state index in [1.807, 2.05) is 13.8 Å². The average molecular weight is 278 g/mol. The van der Waals surface area contributed by atoms with Crippen LogP contribution in [-0.2, 0) is 0 Å². The van der Waals surface area contributed by atoms with Crippen LogP contribution in [0.1, 0.15) is 28.8 Å². The number of nitrogens with one attached hydrogen (secondary N) is 1. The third-order valence-electron chi connectivity index (χ3n) is 2.60. The number of benzene rings is 1. The molecule has 0 spiro atoms. The molecule has 0 aliphatic carbocycles. The highest BCUT2D eigenvalue weighted by Gasteiger charge is 2.19. The number of hydrogen-bond donors (Lipinski definition) is 1. The molecule has 1 amide bonds. The number of aromatic nitrogens is 1. The van der Waals surface area contributed by atoms with Crippen molar-refractivity contribution in [2.75, 3.05) is 6.54 Å². The van der Waals surface area contributed by atoms with E-state index in [1.165, 1.54) is 17.4 Å². The highest BCUT2D eigenvalue weighted by atomic mass is 32.1. The van der Waals surface area contributed by atoms with Crippen molar-refractivity contribution in [2.24, 2.45) is 0 Å². The highest BCUT2D eigenvalue weighted by Crippen LogP contribution is 2.31. The number of nitrogens with zero attached hydrogens (tertiary/aromatic N) is 1. The van der Waals surface area contributed by atoms with Crippen LogP contribution >= 0.6 is 11.3 Å². The summed E-state index contributed by atoms with van der Waals surface area (Å²) in [6, 6.07) is 6.43. The number of carbonyl (C=O) groups is 1. The van der Waals surface area contributed by atoms with Crippen molar-refractivity contribution in [3.8, 4) is 10.4 Å². The molecule has 0 unspecified atom stereocenters. The van der Waals surface area contributed by atoms with Gasteiger partial charge in [0.05, 0.1) is 9.88 Å². The maximum Gasteiger partial charge on any atom is 0.271 e. The van der Waals surface area contributed by atoms with Gasteiger partial charge in [0.1, 0.15) is 11.5 Å². The molecule has 0 bridgehead atoms. The van der Waals surface area contributed by atoms with E-state index in [-0.39, 0.29) is 11.7 Å². The summed E-state index contributed by atoms with van der Waals surface area (Å²) < 4.78 is 13.8. The minimum Gasteiger partial charge on any atom is -0.351 e. The Labute approximate surface area is 115 Å². The van der Waals surface area contributed by atoms with Crippen LogP contribution in [0.15, 0.2) is 24.3 Å². The number of aryl methyl sites for hydroxylation is 1. The normalized spacial score (nSPS) is 10.5. The smallest absolute Gasteiger partial charge is 0.271 e. The van der Waals surface area contributed by atoms with E-state index >= 15 is 0 Å². The predicted molar refractivity (Wildman–Crippen MR) is 74.9 cm³/mol. The van der Waals surface area contributed by atoms with Gasteiger partial charge in [0.15, 0.2) is 0 Å². The lowest BCUT2D eigenvalue weighted by Gasteiger charge is -2.04. The summed E-state index contributed by atoms with van der Waals surface area (Å²) in [5.74, 6) is -0.583. The first kappa shape index (κ1) is 13.7. The summed E-state index contributed by atoms with van der Waals surface area (Å²) in [4.78, 5) is 16.8. The summed E-state index contributed by atoms with van der Waals surface area (Å²) in [6.45, 7) is 4.38. The van der Waals surface area contributed by atoms with E-state index in [0.29, 0.717) is 22.7 Å². The molecule has 100 valence electrons. The summed E-state index contributed by atoms with van der Waals surface area (Å²) in [5.41, 5.74) is 0.732. The zero-order chi connectivity index (χ0) is 13.8. The Bertz CT molecular complexity index is 595. The van der Waals surface area contributed by atoms with Gasteiger partial charge in [-0.3, -0.25) is 4.79 Å². The molecule has 0 atom stereocenters. The SMILES string of the molecule is CCCNC(=O)c1nc(C)sc1-c1ccccc1F. The van der Waals surface area contributed by atoms with Gasteiger partial charge in [-0.25, -0.2) is 9.37 Å². The molecule has 0 saturated heterocycles. The van der Waals surface area contributed by atoms with Gasteiger partial charge in [-0.15, -0.1) is 11.3 Å². The first-order chi connectivity index (χ1) is 9.13.